The first-order valence-electron chi connectivity index (χ1n) is 6.96. The van der Waals surface area contributed by atoms with Gasteiger partial charge in [-0.25, -0.2) is 44.9 Å². The quantitative estimate of drug-likeness (QED) is 0.550. The molecule has 24 heavy (non-hydrogen) atoms. The third kappa shape index (κ3) is 2.77. The van der Waals surface area contributed by atoms with Gasteiger partial charge in [0.25, 0.3) is 0 Å². The summed E-state index contributed by atoms with van der Waals surface area (Å²) < 4.78 is 0. The lowest BCUT2D eigenvalue weighted by atomic mass is 10.2. The number of aromatic nitrogens is 9. The number of hydrogen-bond acceptors (Lipinski definition) is 9. The van der Waals surface area contributed by atoms with Crippen LogP contribution < -0.4 is 0 Å². The van der Waals surface area contributed by atoms with E-state index in [9.17, 15) is 0 Å². The Labute approximate surface area is 136 Å². The van der Waals surface area contributed by atoms with Gasteiger partial charge in [-0.05, 0) is 0 Å². The fourth-order valence-corrected chi connectivity index (χ4v) is 2.00. The van der Waals surface area contributed by atoms with Crippen LogP contribution in [0.4, 0.5) is 0 Å². The van der Waals surface area contributed by atoms with E-state index in [4.69, 9.17) is 0 Å². The molecule has 1 aromatic carbocycles. The van der Waals surface area contributed by atoms with E-state index in [0.29, 0.717) is 29.1 Å². The van der Waals surface area contributed by atoms with Crippen LogP contribution in [-0.4, -0.2) is 44.9 Å². The zero-order valence-electron chi connectivity index (χ0n) is 12.2. The fraction of sp³-hybridized carbons (Fsp3) is 0. The molecule has 4 rings (SSSR count). The first kappa shape index (κ1) is 13.9. The van der Waals surface area contributed by atoms with Crippen LogP contribution in [-0.2, 0) is 0 Å². The molecular formula is C15H9N9. The van der Waals surface area contributed by atoms with Crippen molar-refractivity contribution < 1.29 is 0 Å². The van der Waals surface area contributed by atoms with Gasteiger partial charge in [-0.15, -0.1) is 0 Å². The highest BCUT2D eigenvalue weighted by molar-refractivity contribution is 5.60. The molecule has 3 aromatic heterocycles. The zero-order chi connectivity index (χ0) is 16.2. The van der Waals surface area contributed by atoms with Crippen molar-refractivity contribution in [2.45, 2.75) is 0 Å². The van der Waals surface area contributed by atoms with Crippen LogP contribution in [0.25, 0.3) is 34.7 Å². The molecule has 9 heteroatoms. The van der Waals surface area contributed by atoms with Crippen molar-refractivity contribution in [3.05, 3.63) is 55.6 Å². The number of rotatable bonds is 3. The maximum atomic E-state index is 4.45. The molecule has 0 amide bonds. The normalized spacial score (nSPS) is 10.5. The van der Waals surface area contributed by atoms with Crippen molar-refractivity contribution >= 4 is 0 Å². The Morgan fingerprint density at radius 2 is 0.917 bits per heavy atom. The van der Waals surface area contributed by atoms with Crippen LogP contribution in [0.3, 0.4) is 0 Å². The number of nitrogens with zero attached hydrogens (tertiary/aromatic N) is 9. The lowest BCUT2D eigenvalue weighted by molar-refractivity contribution is 0.967. The Kier molecular flexibility index (Phi) is 3.57. The summed E-state index contributed by atoms with van der Waals surface area (Å²) in [4.78, 5) is 37.3. The second-order valence-corrected chi connectivity index (χ2v) is 4.60. The number of hydrogen-bond donors (Lipinski definition) is 0. The average molecular weight is 315 g/mol. The van der Waals surface area contributed by atoms with Crippen LogP contribution in [0, 0.1) is 0 Å². The van der Waals surface area contributed by atoms with Crippen molar-refractivity contribution in [2.75, 3.05) is 0 Å². The second kappa shape index (κ2) is 6.16. The summed E-state index contributed by atoms with van der Waals surface area (Å²) in [5, 5.41) is 0. The Morgan fingerprint density at radius 1 is 0.458 bits per heavy atom. The molecule has 0 N–H and O–H groups in total. The summed E-state index contributed by atoms with van der Waals surface area (Å²) in [6, 6.07) is 9.55. The molecule has 0 aliphatic heterocycles. The predicted octanol–water partition coefficient (Wildman–Crippen LogP) is 1.24. The van der Waals surface area contributed by atoms with Crippen LogP contribution in [0.15, 0.2) is 55.6 Å². The van der Waals surface area contributed by atoms with Crippen molar-refractivity contribution in [1.82, 2.24) is 44.9 Å². The van der Waals surface area contributed by atoms with Crippen molar-refractivity contribution in [1.29, 1.82) is 0 Å². The van der Waals surface area contributed by atoms with Crippen molar-refractivity contribution in [3.63, 3.8) is 0 Å². The molecule has 3 heterocycles. The zero-order valence-corrected chi connectivity index (χ0v) is 12.2. The largest absolute Gasteiger partial charge is 0.225 e. The summed E-state index contributed by atoms with van der Waals surface area (Å²) in [5.41, 5.74) is 0.838. The van der Waals surface area contributed by atoms with Crippen LogP contribution in [0.2, 0.25) is 0 Å². The van der Waals surface area contributed by atoms with E-state index < -0.39 is 0 Å². The number of benzene rings is 1. The third-order valence-electron chi connectivity index (χ3n) is 3.05. The van der Waals surface area contributed by atoms with Crippen LogP contribution in [0.1, 0.15) is 0 Å². The van der Waals surface area contributed by atoms with Gasteiger partial charge in [-0.3, -0.25) is 0 Å². The van der Waals surface area contributed by atoms with Crippen molar-refractivity contribution in [3.8, 4) is 34.7 Å². The molecule has 9 nitrogen and oxygen atoms in total. The molecule has 0 saturated carbocycles. The molecule has 0 aliphatic carbocycles. The van der Waals surface area contributed by atoms with Gasteiger partial charge < -0.3 is 0 Å². The standard InChI is InChI=1S/C15H9N9/c1-2-4-10(5-3-1)11-22-14(12-18-6-16-7-19-12)24-15(23-11)13-20-8-17-9-21-13/h1-9H. The molecule has 0 aliphatic rings. The summed E-state index contributed by atoms with van der Waals surface area (Å²) in [6.45, 7) is 0. The van der Waals surface area contributed by atoms with E-state index in [1.165, 1.54) is 25.3 Å². The molecule has 114 valence electrons. The monoisotopic (exact) mass is 315 g/mol. The highest BCUT2D eigenvalue weighted by Crippen LogP contribution is 2.20. The Morgan fingerprint density at radius 3 is 1.42 bits per heavy atom. The van der Waals surface area contributed by atoms with Gasteiger partial charge in [0.1, 0.15) is 25.3 Å². The highest BCUT2D eigenvalue weighted by Gasteiger charge is 2.14. The van der Waals surface area contributed by atoms with E-state index in [2.05, 4.69) is 44.9 Å². The van der Waals surface area contributed by atoms with E-state index >= 15 is 0 Å². The van der Waals surface area contributed by atoms with E-state index in [1.807, 2.05) is 30.3 Å². The summed E-state index contributed by atoms with van der Waals surface area (Å²) >= 11 is 0. The van der Waals surface area contributed by atoms with Gasteiger partial charge in [-0.1, -0.05) is 30.3 Å². The summed E-state index contributed by atoms with van der Waals surface area (Å²) in [5.74, 6) is 1.82. The molecule has 0 bridgehead atoms. The molecule has 0 fully saturated rings. The lowest BCUT2D eigenvalue weighted by Gasteiger charge is -2.05. The Balaban J connectivity index is 1.92. The van der Waals surface area contributed by atoms with Gasteiger partial charge in [0.05, 0.1) is 0 Å². The minimum Gasteiger partial charge on any atom is -0.225 e. The third-order valence-corrected chi connectivity index (χ3v) is 3.05. The summed E-state index contributed by atoms with van der Waals surface area (Å²) in [6.07, 6.45) is 5.54. The first-order valence-corrected chi connectivity index (χ1v) is 6.96. The molecule has 0 saturated heterocycles. The van der Waals surface area contributed by atoms with E-state index in [-0.39, 0.29) is 0 Å². The highest BCUT2D eigenvalue weighted by atomic mass is 15.1. The van der Waals surface area contributed by atoms with Gasteiger partial charge in [0, 0.05) is 5.56 Å². The first-order chi connectivity index (χ1) is 11.9. The van der Waals surface area contributed by atoms with Gasteiger partial charge in [0.2, 0.25) is 23.3 Å². The molecular weight excluding hydrogens is 306 g/mol. The van der Waals surface area contributed by atoms with Gasteiger partial charge in [-0.2, -0.15) is 0 Å². The van der Waals surface area contributed by atoms with Crippen LogP contribution in [0.5, 0.6) is 0 Å². The van der Waals surface area contributed by atoms with Crippen molar-refractivity contribution in [2.24, 2.45) is 0 Å². The van der Waals surface area contributed by atoms with E-state index in [0.717, 1.165) is 5.56 Å². The topological polar surface area (TPSA) is 116 Å². The molecule has 0 radical (unpaired) electrons. The van der Waals surface area contributed by atoms with Crippen LogP contribution >= 0.6 is 0 Å². The Bertz CT molecular complexity index is 807. The van der Waals surface area contributed by atoms with E-state index in [1.54, 1.807) is 0 Å². The minimum atomic E-state index is 0.321. The maximum Gasteiger partial charge on any atom is 0.202 e. The Hall–Kier alpha value is -3.75. The van der Waals surface area contributed by atoms with Gasteiger partial charge in [0.15, 0.2) is 5.82 Å². The second-order valence-electron chi connectivity index (χ2n) is 4.60. The molecule has 4 aromatic rings. The summed E-state index contributed by atoms with van der Waals surface area (Å²) in [7, 11) is 0. The molecule has 0 spiro atoms. The smallest absolute Gasteiger partial charge is 0.202 e. The predicted molar refractivity (Wildman–Crippen MR) is 82.9 cm³/mol. The maximum absolute atomic E-state index is 4.45. The minimum absolute atomic E-state index is 0.321. The van der Waals surface area contributed by atoms with Gasteiger partial charge >= 0.3 is 0 Å². The lowest BCUT2D eigenvalue weighted by Crippen LogP contribution is -2.04. The average Bonchev–Trinajstić information content (AvgIpc) is 2.70. The fourth-order valence-electron chi connectivity index (χ4n) is 2.00. The molecule has 0 unspecified atom stereocenters. The molecule has 0 atom stereocenters. The SMILES string of the molecule is c1ccc(-c2nc(-c3ncncn3)nc(-c3ncncn3)n2)cc1.